The second-order valence-electron chi connectivity index (χ2n) is 10.8. The van der Waals surface area contributed by atoms with E-state index in [1.165, 1.54) is 6.92 Å². The van der Waals surface area contributed by atoms with Crippen LogP contribution >= 0.6 is 7.87 Å². The van der Waals surface area contributed by atoms with Crippen LogP contribution in [0.4, 0.5) is 0 Å². The Bertz CT molecular complexity index is 1350. The van der Waals surface area contributed by atoms with Crippen molar-refractivity contribution in [3.63, 3.8) is 0 Å². The van der Waals surface area contributed by atoms with Crippen LogP contribution in [0.3, 0.4) is 0 Å². The van der Waals surface area contributed by atoms with Gasteiger partial charge >= 0.3 is 23.9 Å². The number of esters is 3. The topological polar surface area (TPSA) is 205 Å². The highest BCUT2D eigenvalue weighted by molar-refractivity contribution is 7.62. The van der Waals surface area contributed by atoms with E-state index in [9.17, 15) is 34.0 Å². The van der Waals surface area contributed by atoms with Gasteiger partial charge in [0.1, 0.15) is 18.2 Å². The molecule has 1 aliphatic rings. The van der Waals surface area contributed by atoms with Crippen LogP contribution in [0.25, 0.3) is 10.9 Å². The van der Waals surface area contributed by atoms with Gasteiger partial charge in [-0.1, -0.05) is 32.0 Å². The van der Waals surface area contributed by atoms with Gasteiger partial charge in [0, 0.05) is 44.3 Å². The molecule has 1 aromatic carbocycles. The maximum atomic E-state index is 14.4. The van der Waals surface area contributed by atoms with Crippen LogP contribution in [0.5, 0.6) is 0 Å². The number of aromatic nitrogens is 1. The third-order valence-electron chi connectivity index (χ3n) is 6.69. The third-order valence-corrected chi connectivity index (χ3v) is 9.08. The second kappa shape index (κ2) is 14.3. The van der Waals surface area contributed by atoms with E-state index in [4.69, 9.17) is 18.7 Å². The van der Waals surface area contributed by atoms with Gasteiger partial charge in [0.25, 0.3) is 5.85 Å². The molecule has 2 aromatic rings. The molecule has 7 atom stereocenters. The van der Waals surface area contributed by atoms with Crippen LogP contribution in [0.2, 0.25) is 0 Å². The van der Waals surface area contributed by atoms with Gasteiger partial charge in [0.2, 0.25) is 19.9 Å². The van der Waals surface area contributed by atoms with Crippen LogP contribution < -0.4 is 15.3 Å². The van der Waals surface area contributed by atoms with Crippen LogP contribution in [0.15, 0.2) is 30.5 Å². The molecule has 15 heteroatoms. The zero-order chi connectivity index (χ0) is 32.1. The maximum absolute atomic E-state index is 14.4. The van der Waals surface area contributed by atoms with Gasteiger partial charge in [-0.25, -0.2) is 9.32 Å². The molecule has 14 nitrogen and oxygen atoms in total. The van der Waals surface area contributed by atoms with E-state index in [-0.39, 0.29) is 18.8 Å². The monoisotopic (exact) mass is 623 g/mol. The minimum Gasteiger partial charge on any atom is -0.638 e. The van der Waals surface area contributed by atoms with Crippen molar-refractivity contribution in [2.75, 3.05) is 0 Å². The number of rotatable bonds is 12. The van der Waals surface area contributed by atoms with E-state index < -0.39 is 73.9 Å². The van der Waals surface area contributed by atoms with Crippen molar-refractivity contribution in [2.45, 2.75) is 90.6 Å². The fraction of sp³-hybridized carbons (Fsp3) is 0.536. The summed E-state index contributed by atoms with van der Waals surface area (Å²) in [6.45, 7) is 8.23. The largest absolute Gasteiger partial charge is 0.638 e. The van der Waals surface area contributed by atoms with Crippen LogP contribution in [-0.4, -0.2) is 76.1 Å². The fourth-order valence-corrected chi connectivity index (χ4v) is 7.47. The minimum absolute atomic E-state index is 0.0423. The first-order valence-electron chi connectivity index (χ1n) is 13.8. The standard InChI is InChI=1S/C28H38N3O11P/c1-14(2)11-22(26(35)30-23(27(36)37)12-19-13-29-21-10-8-7-9-20(19)21)31-43(38)28(41-18(6)34)25(40-17(5)33)24(15(3)42-43)39-16(4)32/h7-10,13-15,22-25,28-29H,11-12H2,1-6H3,(H,30,35)(H,31,38)(H,36,37)/t15-,22-,23-,24-,25+,28+,43?/m0/s1. The molecule has 1 aliphatic heterocycles. The number of aliphatic carboxylic acids is 1. The first kappa shape index (κ1) is 33.9. The Hall–Kier alpha value is -3.58. The molecule has 1 fully saturated rings. The van der Waals surface area contributed by atoms with Crippen molar-refractivity contribution in [1.29, 1.82) is 0 Å². The lowest BCUT2D eigenvalue weighted by molar-refractivity contribution is -0.244. The van der Waals surface area contributed by atoms with E-state index in [0.717, 1.165) is 31.7 Å². The van der Waals surface area contributed by atoms with Gasteiger partial charge in [-0.15, -0.1) is 0 Å². The molecule has 1 aromatic heterocycles. The number of ether oxygens (including phenoxy) is 3. The molecule has 1 saturated heterocycles. The minimum atomic E-state index is -4.42. The number of nitrogens with one attached hydrogen (secondary N) is 3. The summed E-state index contributed by atoms with van der Waals surface area (Å²) in [5, 5.41) is 16.0. The van der Waals surface area contributed by atoms with Crippen LogP contribution in [-0.2, 0) is 49.1 Å². The quantitative estimate of drug-likeness (QED) is 0.151. The smallest absolute Gasteiger partial charge is 0.326 e. The molecule has 236 valence electrons. The van der Waals surface area contributed by atoms with Crippen molar-refractivity contribution >= 4 is 48.6 Å². The molecule has 0 spiro atoms. The number of para-hydroxylation sites is 1. The molecule has 0 aliphatic carbocycles. The molecule has 3 rings (SSSR count). The summed E-state index contributed by atoms with van der Waals surface area (Å²) in [7, 11) is -4.42. The second-order valence-corrected chi connectivity index (χ2v) is 13.0. The molecule has 0 bridgehead atoms. The SMILES string of the molecule is CC(=O)O[C@@H]1[C@@H](OC(C)=O)[C@H](OC(C)=O)[P+]([O-])(N[C@@H](CC(C)C)C(=O)N[C@@H](Cc2c[nH]c3ccccc23)C(=O)O)O[C@H]1C. The number of carboxylic acid groups (broad SMARTS) is 1. The Kier molecular flexibility index (Phi) is 11.2. The maximum Gasteiger partial charge on any atom is 0.326 e. The van der Waals surface area contributed by atoms with E-state index in [2.05, 4.69) is 15.4 Å². The summed E-state index contributed by atoms with van der Waals surface area (Å²) < 4.78 is 21.7. The van der Waals surface area contributed by atoms with E-state index in [1.807, 2.05) is 24.3 Å². The molecule has 2 heterocycles. The number of hydrogen-bond donors (Lipinski definition) is 4. The van der Waals surface area contributed by atoms with Crippen molar-refractivity contribution in [3.05, 3.63) is 36.0 Å². The summed E-state index contributed by atoms with van der Waals surface area (Å²) in [5.41, 5.74) is 1.48. The highest BCUT2D eigenvalue weighted by Crippen LogP contribution is 2.60. The lowest BCUT2D eigenvalue weighted by atomic mass is 10.0. The molecule has 1 amide bonds. The number of carbonyl (C=O) groups excluding carboxylic acids is 4. The average molecular weight is 624 g/mol. The molecule has 1 unspecified atom stereocenters. The normalized spacial score (nSPS) is 25.0. The van der Waals surface area contributed by atoms with E-state index in [1.54, 1.807) is 20.0 Å². The number of benzene rings is 1. The predicted molar refractivity (Wildman–Crippen MR) is 152 cm³/mol. The molecule has 0 radical (unpaired) electrons. The predicted octanol–water partition coefficient (Wildman–Crippen LogP) is 1.58. The highest BCUT2D eigenvalue weighted by Gasteiger charge is 2.61. The number of amides is 1. The van der Waals surface area contributed by atoms with Gasteiger partial charge in [-0.3, -0.25) is 19.2 Å². The summed E-state index contributed by atoms with van der Waals surface area (Å²) in [4.78, 5) is 79.2. The molecular weight excluding hydrogens is 585 g/mol. The van der Waals surface area contributed by atoms with Gasteiger partial charge in [0.05, 0.1) is 0 Å². The summed E-state index contributed by atoms with van der Waals surface area (Å²) >= 11 is 0. The number of H-pyrrole nitrogens is 1. The molecule has 43 heavy (non-hydrogen) atoms. The molecular formula is C28H38N3O11P. The zero-order valence-electron chi connectivity index (χ0n) is 24.8. The van der Waals surface area contributed by atoms with Gasteiger partial charge in [-0.2, -0.15) is 5.09 Å². The Morgan fingerprint density at radius 3 is 2.19 bits per heavy atom. The third kappa shape index (κ3) is 8.73. The van der Waals surface area contributed by atoms with Crippen molar-refractivity contribution in [2.24, 2.45) is 5.92 Å². The lowest BCUT2D eigenvalue weighted by Gasteiger charge is -2.47. The van der Waals surface area contributed by atoms with E-state index >= 15 is 0 Å². The first-order chi connectivity index (χ1) is 20.1. The van der Waals surface area contributed by atoms with Gasteiger partial charge in [-0.05, 0) is 30.9 Å². The van der Waals surface area contributed by atoms with Crippen LogP contribution in [0, 0.1) is 5.92 Å². The number of fused-ring (bicyclic) bond motifs is 1. The molecule has 0 saturated carbocycles. The summed E-state index contributed by atoms with van der Waals surface area (Å²) in [6, 6.07) is 4.68. The van der Waals surface area contributed by atoms with Crippen LogP contribution in [0.1, 0.15) is 53.5 Å². The Labute approximate surface area is 249 Å². The number of carboxylic acids is 1. The number of aromatic amines is 1. The van der Waals surface area contributed by atoms with Crippen molar-refractivity contribution in [1.82, 2.24) is 15.4 Å². The van der Waals surface area contributed by atoms with Crippen molar-refractivity contribution in [3.8, 4) is 0 Å². The van der Waals surface area contributed by atoms with Crippen molar-refractivity contribution < 1.29 is 52.7 Å². The lowest BCUT2D eigenvalue weighted by Crippen LogP contribution is -2.62. The van der Waals surface area contributed by atoms with E-state index in [0.29, 0.717) is 5.56 Å². The number of carbonyl (C=O) groups is 5. The van der Waals surface area contributed by atoms with Gasteiger partial charge in [0.15, 0.2) is 6.10 Å². The summed E-state index contributed by atoms with van der Waals surface area (Å²) in [6.07, 6.45) is -2.26. The molecule has 4 N–H and O–H groups in total. The number of hydrogen-bond acceptors (Lipinski definition) is 11. The first-order valence-corrected chi connectivity index (χ1v) is 15.5. The Morgan fingerprint density at radius 1 is 1.00 bits per heavy atom. The average Bonchev–Trinajstić information content (AvgIpc) is 3.29. The van der Waals surface area contributed by atoms with Gasteiger partial charge < -0.3 is 34.5 Å². The fourth-order valence-electron chi connectivity index (χ4n) is 4.97. The Morgan fingerprint density at radius 2 is 1.60 bits per heavy atom. The zero-order valence-corrected chi connectivity index (χ0v) is 25.7. The highest BCUT2D eigenvalue weighted by atomic mass is 31.2. The summed E-state index contributed by atoms with van der Waals surface area (Å²) in [5.74, 6) is -6.52. The Balaban J connectivity index is 1.93.